The molecule has 0 aliphatic heterocycles. The Labute approximate surface area is 102 Å². The molecule has 1 heteroatoms. The molecule has 0 amide bonds. The van der Waals surface area contributed by atoms with Gasteiger partial charge in [-0.2, -0.15) is 0 Å². The molecule has 94 valence electrons. The van der Waals surface area contributed by atoms with E-state index in [1.165, 1.54) is 32.1 Å². The number of hydrogen-bond acceptors (Lipinski definition) is 1. The van der Waals surface area contributed by atoms with Gasteiger partial charge in [0.25, 0.3) is 0 Å². The van der Waals surface area contributed by atoms with Crippen LogP contribution in [0, 0.1) is 11.8 Å². The molecule has 1 aliphatic carbocycles. The van der Waals surface area contributed by atoms with Crippen molar-refractivity contribution in [3.63, 3.8) is 0 Å². The molecular formula is C15H29N. The van der Waals surface area contributed by atoms with Gasteiger partial charge in [-0.15, -0.1) is 0 Å². The quantitative estimate of drug-likeness (QED) is 0.691. The summed E-state index contributed by atoms with van der Waals surface area (Å²) in [5.74, 6) is 1.82. The lowest BCUT2D eigenvalue weighted by Crippen LogP contribution is -2.25. The minimum absolute atomic E-state index is 0.598. The van der Waals surface area contributed by atoms with Gasteiger partial charge in [-0.25, -0.2) is 0 Å². The van der Waals surface area contributed by atoms with E-state index >= 15 is 0 Å². The second-order valence-corrected chi connectivity index (χ2v) is 5.73. The molecule has 0 atom stereocenters. The van der Waals surface area contributed by atoms with Crippen LogP contribution in [0.25, 0.3) is 0 Å². The molecule has 16 heavy (non-hydrogen) atoms. The van der Waals surface area contributed by atoms with Crippen molar-refractivity contribution in [1.82, 2.24) is 5.32 Å². The lowest BCUT2D eigenvalue weighted by molar-refractivity contribution is 0.329. The summed E-state index contributed by atoms with van der Waals surface area (Å²) in [6.07, 6.45) is 9.43. The number of rotatable bonds is 5. The summed E-state index contributed by atoms with van der Waals surface area (Å²) in [4.78, 5) is 0. The molecule has 0 bridgehead atoms. The first-order valence-corrected chi connectivity index (χ1v) is 7.04. The van der Waals surface area contributed by atoms with E-state index in [2.05, 4.69) is 39.1 Å². The molecule has 0 aromatic rings. The summed E-state index contributed by atoms with van der Waals surface area (Å²) < 4.78 is 0. The van der Waals surface area contributed by atoms with Crippen molar-refractivity contribution in [3.8, 4) is 0 Å². The third-order valence-corrected chi connectivity index (χ3v) is 3.72. The first-order chi connectivity index (χ1) is 7.61. The van der Waals surface area contributed by atoms with E-state index < -0.39 is 0 Å². The van der Waals surface area contributed by atoms with Gasteiger partial charge in [0, 0.05) is 12.6 Å². The Morgan fingerprint density at radius 1 is 1.25 bits per heavy atom. The summed E-state index contributed by atoms with van der Waals surface area (Å²) in [6, 6.07) is 0.598. The van der Waals surface area contributed by atoms with E-state index in [1.54, 1.807) is 5.57 Å². The van der Waals surface area contributed by atoms with Crippen LogP contribution in [-0.4, -0.2) is 12.6 Å². The van der Waals surface area contributed by atoms with Crippen molar-refractivity contribution in [1.29, 1.82) is 0 Å². The highest BCUT2D eigenvalue weighted by Crippen LogP contribution is 2.29. The fourth-order valence-electron chi connectivity index (χ4n) is 2.42. The van der Waals surface area contributed by atoms with Crippen LogP contribution in [0.2, 0.25) is 0 Å². The number of nitrogens with one attached hydrogen (secondary N) is 1. The van der Waals surface area contributed by atoms with Gasteiger partial charge in [0.05, 0.1) is 0 Å². The monoisotopic (exact) mass is 223 g/mol. The highest BCUT2D eigenvalue weighted by Gasteiger charge is 2.16. The molecule has 1 aliphatic rings. The van der Waals surface area contributed by atoms with Gasteiger partial charge < -0.3 is 5.32 Å². The van der Waals surface area contributed by atoms with E-state index in [4.69, 9.17) is 0 Å². The van der Waals surface area contributed by atoms with Crippen LogP contribution in [0.5, 0.6) is 0 Å². The second kappa shape index (κ2) is 7.11. The number of hydrogen-bond donors (Lipinski definition) is 1. The molecule has 0 radical (unpaired) electrons. The molecule has 0 aromatic heterocycles. The molecule has 1 nitrogen and oxygen atoms in total. The van der Waals surface area contributed by atoms with Crippen molar-refractivity contribution in [2.45, 2.75) is 65.8 Å². The molecular weight excluding hydrogens is 194 g/mol. The molecule has 1 fully saturated rings. The maximum Gasteiger partial charge on any atom is 0.0166 e. The zero-order chi connectivity index (χ0) is 12.0. The largest absolute Gasteiger partial charge is 0.311 e. The minimum Gasteiger partial charge on any atom is -0.311 e. The molecule has 0 spiro atoms. The first-order valence-electron chi connectivity index (χ1n) is 7.04. The van der Waals surface area contributed by atoms with E-state index in [0.29, 0.717) is 6.04 Å². The molecule has 1 rings (SSSR count). The van der Waals surface area contributed by atoms with Crippen molar-refractivity contribution < 1.29 is 0 Å². The van der Waals surface area contributed by atoms with Crippen LogP contribution >= 0.6 is 0 Å². The second-order valence-electron chi connectivity index (χ2n) is 5.73. The standard InChI is InChI=1S/C15H29N/c1-5-14(11-16-12(2)3)10-15-8-6-13(4)7-9-15/h10,12-13,15-16H,5-9,11H2,1-4H3. The normalized spacial score (nSPS) is 27.4. The Morgan fingerprint density at radius 2 is 1.88 bits per heavy atom. The first kappa shape index (κ1) is 13.8. The van der Waals surface area contributed by atoms with Gasteiger partial charge in [0.1, 0.15) is 0 Å². The van der Waals surface area contributed by atoms with Crippen LogP contribution in [-0.2, 0) is 0 Å². The summed E-state index contributed by atoms with van der Waals surface area (Å²) in [7, 11) is 0. The third-order valence-electron chi connectivity index (χ3n) is 3.72. The summed E-state index contributed by atoms with van der Waals surface area (Å²) >= 11 is 0. The van der Waals surface area contributed by atoms with Gasteiger partial charge in [-0.1, -0.05) is 52.2 Å². The van der Waals surface area contributed by atoms with E-state index in [9.17, 15) is 0 Å². The van der Waals surface area contributed by atoms with Gasteiger partial charge >= 0.3 is 0 Å². The predicted molar refractivity (Wildman–Crippen MR) is 72.6 cm³/mol. The number of allylic oxidation sites excluding steroid dienone is 1. The van der Waals surface area contributed by atoms with Crippen molar-refractivity contribution >= 4 is 0 Å². The zero-order valence-corrected chi connectivity index (χ0v) is 11.6. The zero-order valence-electron chi connectivity index (χ0n) is 11.6. The van der Waals surface area contributed by atoms with Gasteiger partial charge in [-0.05, 0) is 31.1 Å². The van der Waals surface area contributed by atoms with E-state index in [0.717, 1.165) is 18.4 Å². The predicted octanol–water partition coefficient (Wildman–Crippen LogP) is 4.15. The Kier molecular flexibility index (Phi) is 6.12. The average Bonchev–Trinajstić information content (AvgIpc) is 2.26. The SMILES string of the molecule is CCC(=CC1CCC(C)CC1)CNC(C)C. The van der Waals surface area contributed by atoms with Gasteiger partial charge in [0.15, 0.2) is 0 Å². The minimum atomic E-state index is 0.598. The molecule has 0 heterocycles. The van der Waals surface area contributed by atoms with Crippen molar-refractivity contribution in [3.05, 3.63) is 11.6 Å². The lowest BCUT2D eigenvalue weighted by Gasteiger charge is -2.24. The molecule has 1 saturated carbocycles. The van der Waals surface area contributed by atoms with Gasteiger partial charge in [0.2, 0.25) is 0 Å². The van der Waals surface area contributed by atoms with Gasteiger partial charge in [-0.3, -0.25) is 0 Å². The van der Waals surface area contributed by atoms with Crippen LogP contribution < -0.4 is 5.32 Å². The van der Waals surface area contributed by atoms with E-state index in [-0.39, 0.29) is 0 Å². The summed E-state index contributed by atoms with van der Waals surface area (Å²) in [6.45, 7) is 10.2. The molecule has 0 saturated heterocycles. The Morgan fingerprint density at radius 3 is 2.38 bits per heavy atom. The smallest absolute Gasteiger partial charge is 0.0166 e. The fourth-order valence-corrected chi connectivity index (χ4v) is 2.42. The van der Waals surface area contributed by atoms with Crippen molar-refractivity contribution in [2.75, 3.05) is 6.54 Å². The van der Waals surface area contributed by atoms with Crippen LogP contribution in [0.15, 0.2) is 11.6 Å². The Balaban J connectivity index is 2.38. The summed E-state index contributed by atoms with van der Waals surface area (Å²) in [5.41, 5.74) is 1.60. The third kappa shape index (κ3) is 5.16. The maximum absolute atomic E-state index is 3.53. The van der Waals surface area contributed by atoms with Crippen LogP contribution in [0.4, 0.5) is 0 Å². The highest BCUT2D eigenvalue weighted by molar-refractivity contribution is 5.06. The maximum atomic E-state index is 3.53. The molecule has 1 N–H and O–H groups in total. The average molecular weight is 223 g/mol. The highest BCUT2D eigenvalue weighted by atomic mass is 14.9. The topological polar surface area (TPSA) is 12.0 Å². The molecule has 0 aromatic carbocycles. The fraction of sp³-hybridized carbons (Fsp3) is 0.867. The van der Waals surface area contributed by atoms with Crippen LogP contribution in [0.1, 0.15) is 59.8 Å². The Hall–Kier alpha value is -0.300. The van der Waals surface area contributed by atoms with E-state index in [1.807, 2.05) is 0 Å². The Bertz CT molecular complexity index is 209. The lowest BCUT2D eigenvalue weighted by atomic mass is 9.82. The molecule has 0 unspecified atom stereocenters. The summed E-state index contributed by atoms with van der Waals surface area (Å²) in [5, 5.41) is 3.53. The van der Waals surface area contributed by atoms with Crippen molar-refractivity contribution in [2.24, 2.45) is 11.8 Å². The van der Waals surface area contributed by atoms with Crippen LogP contribution in [0.3, 0.4) is 0 Å².